The minimum atomic E-state index is 0.0824. The molecule has 0 saturated carbocycles. The van der Waals surface area contributed by atoms with Gasteiger partial charge in [0.2, 0.25) is 0 Å². The van der Waals surface area contributed by atoms with Crippen molar-refractivity contribution in [3.8, 4) is 17.3 Å². The van der Waals surface area contributed by atoms with E-state index in [9.17, 15) is 4.79 Å². The highest BCUT2D eigenvalue weighted by Crippen LogP contribution is 2.29. The van der Waals surface area contributed by atoms with Gasteiger partial charge in [-0.05, 0) is 62.4 Å². The highest BCUT2D eigenvalue weighted by atomic mass is 16.2. The number of hydrogen-bond donors (Lipinski definition) is 1. The van der Waals surface area contributed by atoms with Crippen molar-refractivity contribution in [2.24, 2.45) is 0 Å². The van der Waals surface area contributed by atoms with Crippen molar-refractivity contribution in [3.63, 3.8) is 0 Å². The van der Waals surface area contributed by atoms with Crippen LogP contribution < -0.4 is 0 Å². The number of amides is 1. The third-order valence-corrected chi connectivity index (χ3v) is 5.69. The van der Waals surface area contributed by atoms with Crippen molar-refractivity contribution >= 4 is 5.91 Å². The maximum absolute atomic E-state index is 13.1. The van der Waals surface area contributed by atoms with Crippen molar-refractivity contribution < 1.29 is 4.79 Å². The number of rotatable bonds is 3. The van der Waals surface area contributed by atoms with Crippen molar-refractivity contribution in [1.29, 1.82) is 5.26 Å². The maximum atomic E-state index is 13.1. The summed E-state index contributed by atoms with van der Waals surface area (Å²) in [5.41, 5.74) is 5.55. The van der Waals surface area contributed by atoms with Crippen LogP contribution in [0.15, 0.2) is 48.5 Å². The molecule has 0 aliphatic carbocycles. The minimum Gasteiger partial charge on any atom is -0.342 e. The zero-order valence-corrected chi connectivity index (χ0v) is 16.8. The Morgan fingerprint density at radius 2 is 1.86 bits per heavy atom. The first-order chi connectivity index (χ1) is 14.0. The van der Waals surface area contributed by atoms with Gasteiger partial charge in [-0.2, -0.15) is 5.26 Å². The molecule has 4 rings (SSSR count). The Morgan fingerprint density at radius 1 is 1.14 bits per heavy atom. The van der Waals surface area contributed by atoms with Gasteiger partial charge in [0.1, 0.15) is 5.82 Å². The molecule has 0 bridgehead atoms. The molecule has 0 unspecified atom stereocenters. The van der Waals surface area contributed by atoms with Crippen LogP contribution in [0.3, 0.4) is 0 Å². The molecule has 3 aromatic rings. The second-order valence-electron chi connectivity index (χ2n) is 7.66. The summed E-state index contributed by atoms with van der Waals surface area (Å²) < 4.78 is 0. The van der Waals surface area contributed by atoms with E-state index in [-0.39, 0.29) is 5.91 Å². The zero-order chi connectivity index (χ0) is 20.4. The number of nitriles is 1. The van der Waals surface area contributed by atoms with E-state index in [0.29, 0.717) is 17.0 Å². The molecule has 0 atom stereocenters. The molecule has 5 heteroatoms. The molecule has 146 valence electrons. The summed E-state index contributed by atoms with van der Waals surface area (Å²) in [5, 5.41) is 8.95. The first kappa shape index (κ1) is 18.9. The Morgan fingerprint density at radius 3 is 2.48 bits per heavy atom. The quantitative estimate of drug-likeness (QED) is 0.718. The molecule has 1 aliphatic rings. The van der Waals surface area contributed by atoms with Crippen LogP contribution >= 0.6 is 0 Å². The lowest BCUT2D eigenvalue weighted by molar-refractivity contribution is 0.0713. The summed E-state index contributed by atoms with van der Waals surface area (Å²) in [5.74, 6) is 1.40. The van der Waals surface area contributed by atoms with Gasteiger partial charge >= 0.3 is 0 Å². The minimum absolute atomic E-state index is 0.0824. The van der Waals surface area contributed by atoms with Gasteiger partial charge in [0, 0.05) is 24.2 Å². The summed E-state index contributed by atoms with van der Waals surface area (Å²) in [4.78, 5) is 22.7. The summed E-state index contributed by atoms with van der Waals surface area (Å²) in [6, 6.07) is 17.8. The number of H-pyrrole nitrogens is 1. The normalized spacial score (nSPS) is 14.6. The van der Waals surface area contributed by atoms with Crippen LogP contribution in [-0.4, -0.2) is 33.9 Å². The van der Waals surface area contributed by atoms with Crippen LogP contribution in [0.5, 0.6) is 0 Å². The molecule has 0 spiro atoms. The van der Waals surface area contributed by atoms with Crippen molar-refractivity contribution in [2.45, 2.75) is 32.6 Å². The van der Waals surface area contributed by atoms with Crippen LogP contribution in [0.1, 0.15) is 51.8 Å². The SMILES string of the molecule is Cc1nc(C)c(-c2cccc(C(=O)N3CCC(c4ccc(C#N)cc4)CC3)c2)[nH]1. The molecule has 5 nitrogen and oxygen atoms in total. The fraction of sp³-hybridized carbons (Fsp3) is 0.292. The van der Waals surface area contributed by atoms with Crippen LogP contribution in [0.2, 0.25) is 0 Å². The number of likely N-dealkylation sites (tertiary alicyclic amines) is 1. The lowest BCUT2D eigenvalue weighted by atomic mass is 9.89. The lowest BCUT2D eigenvalue weighted by Crippen LogP contribution is -2.37. The number of carbonyl (C=O) groups is 1. The van der Waals surface area contributed by atoms with Crippen LogP contribution in [0, 0.1) is 25.2 Å². The average molecular weight is 384 g/mol. The van der Waals surface area contributed by atoms with Crippen LogP contribution in [0.25, 0.3) is 11.3 Å². The standard InChI is InChI=1S/C24H24N4O/c1-16-23(27-17(2)26-16)21-4-3-5-22(14-21)24(29)28-12-10-20(11-13-28)19-8-6-18(15-25)7-9-19/h3-9,14,20H,10-13H2,1-2H3,(H,26,27). The van der Waals surface area contributed by atoms with Gasteiger partial charge in [-0.3, -0.25) is 4.79 Å². The Hall–Kier alpha value is -3.39. The van der Waals surface area contributed by atoms with Crippen molar-refractivity contribution in [1.82, 2.24) is 14.9 Å². The first-order valence-electron chi connectivity index (χ1n) is 9.98. The molecule has 1 aromatic heterocycles. The van der Waals surface area contributed by atoms with E-state index in [1.807, 2.05) is 67.3 Å². The second kappa shape index (κ2) is 7.92. The smallest absolute Gasteiger partial charge is 0.253 e. The number of piperidine rings is 1. The van der Waals surface area contributed by atoms with Crippen LogP contribution in [0.4, 0.5) is 0 Å². The van der Waals surface area contributed by atoms with Gasteiger partial charge in [0.05, 0.1) is 23.0 Å². The zero-order valence-electron chi connectivity index (χ0n) is 16.8. The number of hydrogen-bond acceptors (Lipinski definition) is 3. The monoisotopic (exact) mass is 384 g/mol. The fourth-order valence-corrected chi connectivity index (χ4v) is 4.12. The molecule has 2 aromatic carbocycles. The van der Waals surface area contributed by atoms with E-state index in [2.05, 4.69) is 16.0 Å². The van der Waals surface area contributed by atoms with E-state index in [1.165, 1.54) is 5.56 Å². The Bertz CT molecular complexity index is 1070. The number of aromatic nitrogens is 2. The number of aromatic amines is 1. The highest BCUT2D eigenvalue weighted by Gasteiger charge is 2.25. The van der Waals surface area contributed by atoms with E-state index >= 15 is 0 Å². The summed E-state index contributed by atoms with van der Waals surface area (Å²) in [6.07, 6.45) is 1.88. The Labute approximate surface area is 171 Å². The van der Waals surface area contributed by atoms with Gasteiger partial charge in [0.25, 0.3) is 5.91 Å². The maximum Gasteiger partial charge on any atom is 0.253 e. The van der Waals surface area contributed by atoms with Crippen molar-refractivity contribution in [2.75, 3.05) is 13.1 Å². The lowest BCUT2D eigenvalue weighted by Gasteiger charge is -2.32. The fourth-order valence-electron chi connectivity index (χ4n) is 4.12. The average Bonchev–Trinajstić information content (AvgIpc) is 3.11. The van der Waals surface area contributed by atoms with E-state index in [1.54, 1.807) is 0 Å². The molecule has 1 amide bonds. The Kier molecular flexibility index (Phi) is 5.18. The van der Waals surface area contributed by atoms with Gasteiger partial charge in [0.15, 0.2) is 0 Å². The largest absolute Gasteiger partial charge is 0.342 e. The molecular formula is C24H24N4O. The first-order valence-corrected chi connectivity index (χ1v) is 9.98. The molecule has 1 fully saturated rings. The Balaban J connectivity index is 1.45. The molecule has 0 radical (unpaired) electrons. The third-order valence-electron chi connectivity index (χ3n) is 5.69. The van der Waals surface area contributed by atoms with Gasteiger partial charge in [-0.25, -0.2) is 4.98 Å². The summed E-state index contributed by atoms with van der Waals surface area (Å²) in [7, 11) is 0. The summed E-state index contributed by atoms with van der Waals surface area (Å²) in [6.45, 7) is 5.40. The molecule has 1 saturated heterocycles. The molecule has 1 aliphatic heterocycles. The number of carbonyl (C=O) groups excluding carboxylic acids is 1. The number of aryl methyl sites for hydroxylation is 2. The molecule has 1 N–H and O–H groups in total. The summed E-state index contributed by atoms with van der Waals surface area (Å²) >= 11 is 0. The van der Waals surface area contributed by atoms with Crippen molar-refractivity contribution in [3.05, 3.63) is 76.7 Å². The predicted molar refractivity (Wildman–Crippen MR) is 113 cm³/mol. The molecule has 29 heavy (non-hydrogen) atoms. The number of nitrogens with one attached hydrogen (secondary N) is 1. The van der Waals surface area contributed by atoms with Gasteiger partial charge < -0.3 is 9.88 Å². The second-order valence-corrected chi connectivity index (χ2v) is 7.66. The number of nitrogens with zero attached hydrogens (tertiary/aromatic N) is 3. The van der Waals surface area contributed by atoms with E-state index in [4.69, 9.17) is 5.26 Å². The number of imidazole rings is 1. The predicted octanol–water partition coefficient (Wildman–Crippen LogP) is 4.59. The van der Waals surface area contributed by atoms with Crippen LogP contribution in [-0.2, 0) is 0 Å². The van der Waals surface area contributed by atoms with E-state index < -0.39 is 0 Å². The van der Waals surface area contributed by atoms with Gasteiger partial charge in [-0.15, -0.1) is 0 Å². The molecular weight excluding hydrogens is 360 g/mol. The highest BCUT2D eigenvalue weighted by molar-refractivity contribution is 5.95. The van der Waals surface area contributed by atoms with Gasteiger partial charge in [-0.1, -0.05) is 24.3 Å². The third kappa shape index (κ3) is 3.93. The van der Waals surface area contributed by atoms with E-state index in [0.717, 1.165) is 48.7 Å². The number of benzene rings is 2. The molecule has 2 heterocycles. The topological polar surface area (TPSA) is 72.8 Å².